The molecular formula is C19H15ClN4O3S2. The molecule has 0 spiro atoms. The summed E-state index contributed by atoms with van der Waals surface area (Å²) in [7, 11) is -3.95. The molecule has 0 amide bonds. The highest BCUT2D eigenvalue weighted by Gasteiger charge is 2.22. The minimum absolute atomic E-state index is 0.0131. The number of benzene rings is 1. The highest BCUT2D eigenvalue weighted by Crippen LogP contribution is 2.30. The maximum Gasteiger partial charge on any atom is 0.263 e. The van der Waals surface area contributed by atoms with E-state index < -0.39 is 10.0 Å². The Labute approximate surface area is 176 Å². The molecule has 0 bridgehead atoms. The Balaban J connectivity index is 1.71. The first-order valence-corrected chi connectivity index (χ1v) is 11.2. The minimum atomic E-state index is -3.95. The van der Waals surface area contributed by atoms with Crippen LogP contribution in [-0.2, 0) is 16.6 Å². The van der Waals surface area contributed by atoms with Crippen LogP contribution in [0.5, 0.6) is 5.88 Å². The van der Waals surface area contributed by atoms with Crippen LogP contribution < -0.4 is 9.46 Å². The first-order chi connectivity index (χ1) is 13.9. The third-order valence-electron chi connectivity index (χ3n) is 4.10. The highest BCUT2D eigenvalue weighted by atomic mass is 35.5. The van der Waals surface area contributed by atoms with E-state index in [0.717, 1.165) is 5.56 Å². The molecule has 3 aromatic heterocycles. The summed E-state index contributed by atoms with van der Waals surface area (Å²) >= 11 is 7.48. The summed E-state index contributed by atoms with van der Waals surface area (Å²) < 4.78 is 34.2. The largest absolute Gasteiger partial charge is 0.470 e. The number of halogens is 1. The topological polar surface area (TPSA) is 94.1 Å². The van der Waals surface area contributed by atoms with E-state index in [1.54, 1.807) is 43.6 Å². The lowest BCUT2D eigenvalue weighted by Crippen LogP contribution is -2.16. The molecule has 0 atom stereocenters. The van der Waals surface area contributed by atoms with Gasteiger partial charge in [-0.05, 0) is 42.1 Å². The van der Waals surface area contributed by atoms with Crippen molar-refractivity contribution in [3.05, 3.63) is 70.3 Å². The van der Waals surface area contributed by atoms with Crippen molar-refractivity contribution in [1.82, 2.24) is 15.0 Å². The summed E-state index contributed by atoms with van der Waals surface area (Å²) in [6.07, 6.45) is 3.32. The van der Waals surface area contributed by atoms with Gasteiger partial charge >= 0.3 is 0 Å². The standard InChI is InChI=1S/C19H15ClN4O3S2/c1-12-14(20)5-2-6-16(12)29(25,26)24-17-18(23-19-15(22-17)7-9-28-19)27-11-13-4-3-8-21-10-13/h2-10H,11H2,1H3,(H,22,24). The van der Waals surface area contributed by atoms with Gasteiger partial charge in [0.25, 0.3) is 15.9 Å². The predicted octanol–water partition coefficient (Wildman–Crippen LogP) is 4.43. The third-order valence-corrected chi connectivity index (χ3v) is 6.79. The van der Waals surface area contributed by atoms with Gasteiger partial charge in [0.2, 0.25) is 5.82 Å². The molecule has 0 saturated carbocycles. The molecule has 7 nitrogen and oxygen atoms in total. The van der Waals surface area contributed by atoms with Gasteiger partial charge in [0, 0.05) is 23.0 Å². The molecule has 0 unspecified atom stereocenters. The van der Waals surface area contributed by atoms with Crippen molar-refractivity contribution < 1.29 is 13.2 Å². The lowest BCUT2D eigenvalue weighted by molar-refractivity contribution is 0.295. The van der Waals surface area contributed by atoms with Crippen LogP contribution in [0.3, 0.4) is 0 Å². The molecule has 0 aliphatic carbocycles. The second-order valence-corrected chi connectivity index (χ2v) is 9.06. The lowest BCUT2D eigenvalue weighted by Gasteiger charge is -2.13. The fourth-order valence-corrected chi connectivity index (χ4v) is 4.83. The SMILES string of the molecule is Cc1c(Cl)cccc1S(=O)(=O)Nc1nc2ccsc2nc1OCc1cccnc1. The fraction of sp³-hybridized carbons (Fsp3) is 0.105. The molecule has 0 aliphatic heterocycles. The number of sulfonamides is 1. The Morgan fingerprint density at radius 2 is 2.03 bits per heavy atom. The number of nitrogens with one attached hydrogen (secondary N) is 1. The van der Waals surface area contributed by atoms with Crippen molar-refractivity contribution in [2.75, 3.05) is 4.72 Å². The molecule has 0 saturated heterocycles. The summed E-state index contributed by atoms with van der Waals surface area (Å²) in [5, 5.41) is 2.19. The normalized spacial score (nSPS) is 11.5. The van der Waals surface area contributed by atoms with Crippen LogP contribution in [0.25, 0.3) is 10.3 Å². The van der Waals surface area contributed by atoms with Crippen LogP contribution in [0, 0.1) is 6.92 Å². The number of fused-ring (bicyclic) bond motifs is 1. The van der Waals surface area contributed by atoms with E-state index in [9.17, 15) is 8.42 Å². The van der Waals surface area contributed by atoms with Crippen molar-refractivity contribution in [3.63, 3.8) is 0 Å². The molecule has 29 heavy (non-hydrogen) atoms. The number of pyridine rings is 1. The molecule has 1 N–H and O–H groups in total. The Hall–Kier alpha value is -2.75. The monoisotopic (exact) mass is 446 g/mol. The second kappa shape index (κ2) is 7.94. The van der Waals surface area contributed by atoms with Crippen LogP contribution >= 0.6 is 22.9 Å². The zero-order valence-corrected chi connectivity index (χ0v) is 17.6. The highest BCUT2D eigenvalue weighted by molar-refractivity contribution is 7.92. The van der Waals surface area contributed by atoms with E-state index in [1.165, 1.54) is 17.4 Å². The molecule has 3 heterocycles. The quantitative estimate of drug-likeness (QED) is 0.471. The van der Waals surface area contributed by atoms with Gasteiger partial charge in [-0.2, -0.15) is 4.98 Å². The summed E-state index contributed by atoms with van der Waals surface area (Å²) in [5.41, 5.74) is 1.84. The van der Waals surface area contributed by atoms with Gasteiger partial charge in [0.05, 0.1) is 4.90 Å². The first-order valence-electron chi connectivity index (χ1n) is 8.49. The van der Waals surface area contributed by atoms with E-state index in [2.05, 4.69) is 19.7 Å². The van der Waals surface area contributed by atoms with Gasteiger partial charge in [-0.15, -0.1) is 11.3 Å². The third kappa shape index (κ3) is 4.16. The van der Waals surface area contributed by atoms with E-state index in [4.69, 9.17) is 16.3 Å². The Morgan fingerprint density at radius 1 is 1.17 bits per heavy atom. The van der Waals surface area contributed by atoms with Gasteiger partial charge in [-0.3, -0.25) is 9.71 Å². The molecule has 148 valence electrons. The van der Waals surface area contributed by atoms with E-state index in [1.807, 2.05) is 11.4 Å². The summed E-state index contributed by atoms with van der Waals surface area (Å²) in [6.45, 7) is 1.81. The number of hydrogen-bond acceptors (Lipinski definition) is 7. The second-order valence-electron chi connectivity index (χ2n) is 6.11. The molecule has 1 aromatic carbocycles. The Kier molecular flexibility index (Phi) is 5.35. The molecule has 0 aliphatic rings. The number of ether oxygens (including phenoxy) is 1. The van der Waals surface area contributed by atoms with Crippen LogP contribution in [-0.4, -0.2) is 23.4 Å². The number of anilines is 1. The molecular weight excluding hydrogens is 432 g/mol. The maximum atomic E-state index is 13.0. The molecule has 10 heteroatoms. The summed E-state index contributed by atoms with van der Waals surface area (Å²) in [5.74, 6) is 0.103. The molecule has 4 rings (SSSR count). The minimum Gasteiger partial charge on any atom is -0.470 e. The molecule has 0 fully saturated rings. The maximum absolute atomic E-state index is 13.0. The van der Waals surface area contributed by atoms with Crippen molar-refractivity contribution in [2.24, 2.45) is 0 Å². The average Bonchev–Trinajstić information content (AvgIpc) is 3.16. The van der Waals surface area contributed by atoms with Crippen LogP contribution in [0.2, 0.25) is 5.02 Å². The van der Waals surface area contributed by atoms with Crippen LogP contribution in [0.15, 0.2) is 59.1 Å². The smallest absolute Gasteiger partial charge is 0.263 e. The van der Waals surface area contributed by atoms with Crippen molar-refractivity contribution in [1.29, 1.82) is 0 Å². The van der Waals surface area contributed by atoms with Gasteiger partial charge in [0.1, 0.15) is 17.0 Å². The fourth-order valence-electron chi connectivity index (χ4n) is 2.64. The van der Waals surface area contributed by atoms with Crippen molar-refractivity contribution in [3.8, 4) is 5.88 Å². The zero-order chi connectivity index (χ0) is 20.4. The van der Waals surface area contributed by atoms with Crippen LogP contribution in [0.4, 0.5) is 5.82 Å². The van der Waals surface area contributed by atoms with Gasteiger partial charge in [-0.1, -0.05) is 23.7 Å². The molecule has 0 radical (unpaired) electrons. The van der Waals surface area contributed by atoms with Gasteiger partial charge < -0.3 is 4.74 Å². The summed E-state index contributed by atoms with van der Waals surface area (Å²) in [6, 6.07) is 10.1. The number of hydrogen-bond donors (Lipinski definition) is 1. The van der Waals surface area contributed by atoms with E-state index in [0.29, 0.717) is 20.9 Å². The average molecular weight is 447 g/mol. The number of rotatable bonds is 6. The Morgan fingerprint density at radius 3 is 2.83 bits per heavy atom. The number of aromatic nitrogens is 3. The van der Waals surface area contributed by atoms with Crippen LogP contribution in [0.1, 0.15) is 11.1 Å². The van der Waals surface area contributed by atoms with Crippen molar-refractivity contribution >= 4 is 49.1 Å². The van der Waals surface area contributed by atoms with Gasteiger partial charge in [-0.25, -0.2) is 13.4 Å². The lowest BCUT2D eigenvalue weighted by atomic mass is 10.2. The number of thiophene rings is 1. The molecule has 4 aromatic rings. The Bertz CT molecular complexity index is 1280. The first kappa shape index (κ1) is 19.6. The number of nitrogens with zero attached hydrogens (tertiary/aromatic N) is 3. The predicted molar refractivity (Wildman–Crippen MR) is 113 cm³/mol. The van der Waals surface area contributed by atoms with E-state index in [-0.39, 0.29) is 23.2 Å². The zero-order valence-electron chi connectivity index (χ0n) is 15.2. The van der Waals surface area contributed by atoms with Crippen molar-refractivity contribution in [2.45, 2.75) is 18.4 Å². The van der Waals surface area contributed by atoms with E-state index >= 15 is 0 Å². The summed E-state index contributed by atoms with van der Waals surface area (Å²) in [4.78, 5) is 13.6. The van der Waals surface area contributed by atoms with Gasteiger partial charge in [0.15, 0.2) is 0 Å².